The Morgan fingerprint density at radius 3 is 2.05 bits per heavy atom. The monoisotopic (exact) mass is 621 g/mol. The van der Waals surface area contributed by atoms with Crippen molar-refractivity contribution in [2.75, 3.05) is 46.6 Å². The lowest BCUT2D eigenvalue weighted by molar-refractivity contribution is -0.162. The highest BCUT2D eigenvalue weighted by molar-refractivity contribution is 7.53. The van der Waals surface area contributed by atoms with E-state index in [1.807, 2.05) is 43.3 Å². The molecule has 2 aromatic carbocycles. The molecule has 11 nitrogen and oxygen atoms in total. The van der Waals surface area contributed by atoms with Crippen LogP contribution in [-0.4, -0.2) is 63.6 Å². The number of fused-ring (bicyclic) bond motifs is 1. The Kier molecular flexibility index (Phi) is 11.8. The van der Waals surface area contributed by atoms with Crippen LogP contribution >= 0.6 is 7.60 Å². The summed E-state index contributed by atoms with van der Waals surface area (Å²) in [5.74, 6) is 0.415. The number of ether oxygens (including phenoxy) is 4. The molecule has 1 heterocycles. The summed E-state index contributed by atoms with van der Waals surface area (Å²) in [6, 6.07) is 11.9. The lowest BCUT2D eigenvalue weighted by Crippen LogP contribution is -2.26. The third-order valence-corrected chi connectivity index (χ3v) is 8.28. The maximum absolute atomic E-state index is 13.5. The van der Waals surface area contributed by atoms with Crippen molar-refractivity contribution in [2.24, 2.45) is 10.8 Å². The van der Waals surface area contributed by atoms with Gasteiger partial charge in [0.2, 0.25) is 13.6 Å². The smallest absolute Gasteiger partial charge is 0.337 e. The van der Waals surface area contributed by atoms with Crippen LogP contribution in [0.1, 0.15) is 52.7 Å². The quantitative estimate of drug-likeness (QED) is 0.111. The summed E-state index contributed by atoms with van der Waals surface area (Å²) in [5.41, 5.74) is 2.54. The van der Waals surface area contributed by atoms with Crippen LogP contribution in [0.2, 0.25) is 0 Å². The predicted molar refractivity (Wildman–Crippen MR) is 160 cm³/mol. The molecule has 0 N–H and O–H groups in total. The molecule has 1 aliphatic heterocycles. The number of hydrogen-bond donors (Lipinski definition) is 0. The fraction of sp³-hybridized carbons (Fsp3) is 0.548. The number of carbonyl (C=O) groups excluding carboxylic acids is 2. The first-order chi connectivity index (χ1) is 20.1. The van der Waals surface area contributed by atoms with Gasteiger partial charge in [-0.3, -0.25) is 28.0 Å². The summed E-state index contributed by atoms with van der Waals surface area (Å²) in [6.45, 7) is 12.5. The van der Waals surface area contributed by atoms with Crippen LogP contribution in [0, 0.1) is 17.8 Å². The molecule has 0 amide bonds. The maximum Gasteiger partial charge on any atom is 0.337 e. The van der Waals surface area contributed by atoms with E-state index in [2.05, 4.69) is 0 Å². The number of benzene rings is 2. The molecular formula is C31H44NO10P. The molecule has 0 atom stereocenters. The molecule has 0 spiro atoms. The van der Waals surface area contributed by atoms with Gasteiger partial charge in [-0.2, -0.15) is 5.06 Å². The van der Waals surface area contributed by atoms with Crippen molar-refractivity contribution in [3.63, 3.8) is 0 Å². The van der Waals surface area contributed by atoms with Gasteiger partial charge in [0, 0.05) is 13.6 Å². The molecule has 1 aliphatic rings. The number of hydrogen-bond acceptors (Lipinski definition) is 11. The molecule has 0 radical (unpaired) electrons. The van der Waals surface area contributed by atoms with Crippen molar-refractivity contribution in [1.29, 1.82) is 0 Å². The highest BCUT2D eigenvalue weighted by Crippen LogP contribution is 2.48. The average molecular weight is 622 g/mol. The number of carbonyl (C=O) groups is 2. The minimum Gasteiger partial charge on any atom is -0.486 e. The lowest BCUT2D eigenvalue weighted by atomic mass is 9.96. The Hall–Kier alpha value is -2.95. The molecule has 238 valence electrons. The summed E-state index contributed by atoms with van der Waals surface area (Å²) in [4.78, 5) is 30.2. The molecule has 0 unspecified atom stereocenters. The minimum atomic E-state index is -3.85. The summed E-state index contributed by atoms with van der Waals surface area (Å²) in [5, 5.41) is 1.53. The van der Waals surface area contributed by atoms with Gasteiger partial charge < -0.3 is 18.9 Å². The molecule has 0 aromatic heterocycles. The van der Waals surface area contributed by atoms with E-state index in [0.29, 0.717) is 13.2 Å². The van der Waals surface area contributed by atoms with E-state index in [4.69, 9.17) is 32.8 Å². The van der Waals surface area contributed by atoms with Gasteiger partial charge in [0.15, 0.2) is 11.5 Å². The van der Waals surface area contributed by atoms with E-state index in [0.717, 1.165) is 33.8 Å². The second-order valence-electron chi connectivity index (χ2n) is 12.3. The van der Waals surface area contributed by atoms with Crippen molar-refractivity contribution in [3.05, 3.63) is 47.5 Å². The number of rotatable bonds is 13. The predicted octanol–water partition coefficient (Wildman–Crippen LogP) is 6.12. The summed E-state index contributed by atoms with van der Waals surface area (Å²) in [7, 11) is -2.15. The Bertz CT molecular complexity index is 1280. The first-order valence-corrected chi connectivity index (χ1v) is 15.9. The van der Waals surface area contributed by atoms with Crippen LogP contribution in [0.3, 0.4) is 0 Å². The number of esters is 2. The highest BCUT2D eigenvalue weighted by Gasteiger charge is 2.30. The van der Waals surface area contributed by atoms with Gasteiger partial charge in [-0.15, -0.1) is 0 Å². The molecule has 43 heavy (non-hydrogen) atoms. The molecule has 12 heteroatoms. The Balaban J connectivity index is 1.60. The number of nitrogens with zero attached hydrogens (tertiary/aromatic N) is 1. The van der Waals surface area contributed by atoms with Crippen molar-refractivity contribution < 1.29 is 47.0 Å². The lowest BCUT2D eigenvalue weighted by Gasteiger charge is -2.24. The zero-order chi connectivity index (χ0) is 31.8. The van der Waals surface area contributed by atoms with Gasteiger partial charge in [0.25, 0.3) is 0 Å². The van der Waals surface area contributed by atoms with E-state index in [9.17, 15) is 14.2 Å². The molecule has 0 bridgehead atoms. The molecule has 0 aliphatic carbocycles. The molecule has 0 saturated heterocycles. The van der Waals surface area contributed by atoms with E-state index < -0.39 is 44.0 Å². The Labute approximate surface area is 254 Å². The summed E-state index contributed by atoms with van der Waals surface area (Å²) >= 11 is 0. The molecular weight excluding hydrogens is 577 g/mol. The van der Waals surface area contributed by atoms with E-state index >= 15 is 0 Å². The molecule has 3 rings (SSSR count). The second kappa shape index (κ2) is 14.7. The van der Waals surface area contributed by atoms with Crippen molar-refractivity contribution in [2.45, 2.75) is 55.1 Å². The number of hydroxylamine groups is 2. The van der Waals surface area contributed by atoms with Crippen LogP contribution in [0.15, 0.2) is 36.4 Å². The van der Waals surface area contributed by atoms with Crippen LogP contribution in [0.25, 0.3) is 11.1 Å². The Morgan fingerprint density at radius 2 is 1.47 bits per heavy atom. The van der Waals surface area contributed by atoms with Gasteiger partial charge in [-0.25, -0.2) is 0 Å². The van der Waals surface area contributed by atoms with Crippen LogP contribution in [0.5, 0.6) is 11.5 Å². The minimum absolute atomic E-state index is 0.111. The van der Waals surface area contributed by atoms with Crippen LogP contribution in [0.4, 0.5) is 0 Å². The third kappa shape index (κ3) is 10.3. The summed E-state index contributed by atoms with van der Waals surface area (Å²) in [6.07, 6.45) is -0.111. The van der Waals surface area contributed by atoms with Crippen LogP contribution < -0.4 is 9.47 Å². The molecule has 2 aromatic rings. The highest BCUT2D eigenvalue weighted by atomic mass is 31.2. The van der Waals surface area contributed by atoms with Gasteiger partial charge in [-0.05, 0) is 82.9 Å². The maximum atomic E-state index is 13.5. The first kappa shape index (κ1) is 34.5. The van der Waals surface area contributed by atoms with Gasteiger partial charge in [0.1, 0.15) is 13.2 Å². The second-order valence-corrected chi connectivity index (χ2v) is 14.5. The van der Waals surface area contributed by atoms with Crippen molar-refractivity contribution in [3.8, 4) is 22.6 Å². The van der Waals surface area contributed by atoms with E-state index in [1.54, 1.807) is 48.6 Å². The average Bonchev–Trinajstić information content (AvgIpc) is 2.94. The van der Waals surface area contributed by atoms with E-state index in [1.165, 1.54) is 5.06 Å². The largest absolute Gasteiger partial charge is 0.486 e. The van der Waals surface area contributed by atoms with E-state index in [-0.39, 0.29) is 19.3 Å². The zero-order valence-electron chi connectivity index (χ0n) is 26.4. The van der Waals surface area contributed by atoms with Crippen LogP contribution in [-0.2, 0) is 44.1 Å². The standard InChI is InChI=1S/C31H44NO10P/c1-22-24(10-9-11-25(22)23-12-13-26-27(18-23)37-16-15-36-26)19-40-32(8)14-17-43(35,41-20-38-28(33)30(2,3)4)42-21-39-29(34)31(5,6)7/h9-13,18H,14-17,19-21H2,1-8H3. The van der Waals surface area contributed by atoms with Crippen molar-refractivity contribution in [1.82, 2.24) is 5.06 Å². The topological polar surface area (TPSA) is 119 Å². The zero-order valence-corrected chi connectivity index (χ0v) is 27.3. The fourth-order valence-electron chi connectivity index (χ4n) is 3.79. The Morgan fingerprint density at radius 1 is 0.884 bits per heavy atom. The first-order valence-electron chi connectivity index (χ1n) is 14.1. The normalized spacial score (nSPS) is 13.6. The van der Waals surface area contributed by atoms with Crippen molar-refractivity contribution >= 4 is 19.5 Å². The fourth-order valence-corrected chi connectivity index (χ4v) is 5.08. The summed E-state index contributed by atoms with van der Waals surface area (Å²) < 4.78 is 45.9. The third-order valence-electron chi connectivity index (χ3n) is 6.53. The SMILES string of the molecule is Cc1c(CON(C)CCP(=O)(OCOC(=O)C(C)(C)C)OCOC(=O)C(C)(C)C)cccc1-c1ccc2c(c1)OCCO2. The van der Waals surface area contributed by atoms with Gasteiger partial charge >= 0.3 is 19.5 Å². The van der Waals surface area contributed by atoms with Gasteiger partial charge in [0.05, 0.1) is 23.6 Å². The molecule has 0 saturated carbocycles. The molecule has 0 fully saturated rings. The van der Waals surface area contributed by atoms with Gasteiger partial charge in [-0.1, -0.05) is 24.3 Å².